The van der Waals surface area contributed by atoms with E-state index in [9.17, 15) is 13.2 Å². The van der Waals surface area contributed by atoms with E-state index in [1.807, 2.05) is 0 Å². The molecule has 0 unspecified atom stereocenters. The van der Waals surface area contributed by atoms with Gasteiger partial charge in [0, 0.05) is 26.2 Å². The molecule has 1 aliphatic rings. The molecule has 0 spiro atoms. The number of sulfonamides is 1. The predicted octanol–water partition coefficient (Wildman–Crippen LogP) is 4.17. The maximum atomic E-state index is 13.0. The lowest BCUT2D eigenvalue weighted by atomic mass is 10.1. The van der Waals surface area contributed by atoms with Crippen molar-refractivity contribution < 1.29 is 13.2 Å². The van der Waals surface area contributed by atoms with Crippen LogP contribution in [0.3, 0.4) is 0 Å². The van der Waals surface area contributed by atoms with Crippen molar-refractivity contribution in [1.29, 1.82) is 0 Å². The highest BCUT2D eigenvalue weighted by Gasteiger charge is 2.27. The molecule has 0 bridgehead atoms. The highest BCUT2D eigenvalue weighted by Crippen LogP contribution is 2.27. The summed E-state index contributed by atoms with van der Waals surface area (Å²) in [7, 11) is -1.83. The molecule has 0 heterocycles. The summed E-state index contributed by atoms with van der Waals surface area (Å²) in [4.78, 5) is 14.8. The number of hydrogen-bond donors (Lipinski definition) is 0. The Hall–Kier alpha value is -1.11. The second-order valence-corrected chi connectivity index (χ2v) is 9.14. The van der Waals surface area contributed by atoms with Gasteiger partial charge in [0.25, 0.3) is 5.91 Å². The smallest absolute Gasteiger partial charge is 0.255 e. The van der Waals surface area contributed by atoms with Crippen LogP contribution >= 0.6 is 11.6 Å². The van der Waals surface area contributed by atoms with Crippen LogP contribution in [0.1, 0.15) is 62.7 Å². The van der Waals surface area contributed by atoms with Gasteiger partial charge in [-0.3, -0.25) is 4.79 Å². The molecule has 1 amide bonds. The third kappa shape index (κ3) is 4.59. The third-order valence-electron chi connectivity index (χ3n) is 5.20. The van der Waals surface area contributed by atoms with Crippen molar-refractivity contribution in [3.63, 3.8) is 0 Å². The van der Waals surface area contributed by atoms with Gasteiger partial charge in [0.15, 0.2) is 0 Å². The van der Waals surface area contributed by atoms with E-state index < -0.39 is 10.0 Å². The maximum Gasteiger partial charge on any atom is 0.255 e. The molecule has 1 aliphatic carbocycles. The number of benzene rings is 1. The lowest BCUT2D eigenvalue weighted by Gasteiger charge is -2.28. The minimum absolute atomic E-state index is 0.114. The number of hydrogen-bond acceptors (Lipinski definition) is 3. The summed E-state index contributed by atoms with van der Waals surface area (Å²) in [5.74, 6) is -0.210. The Balaban J connectivity index is 2.32. The molecule has 0 aliphatic heterocycles. The summed E-state index contributed by atoms with van der Waals surface area (Å²) >= 11 is 6.25. The average molecular weight is 401 g/mol. The molecule has 0 aromatic heterocycles. The molecule has 7 heteroatoms. The number of carbonyl (C=O) groups is 1. The second-order valence-electron chi connectivity index (χ2n) is 6.79. The highest BCUT2D eigenvalue weighted by atomic mass is 35.5. The largest absolute Gasteiger partial charge is 0.339 e. The molecule has 0 radical (unpaired) electrons. The second kappa shape index (κ2) is 9.20. The fourth-order valence-electron chi connectivity index (χ4n) is 3.54. The summed E-state index contributed by atoms with van der Waals surface area (Å²) in [5.41, 5.74) is 0.256. The Bertz CT molecular complexity index is 724. The van der Waals surface area contributed by atoms with Crippen LogP contribution in [-0.4, -0.2) is 49.7 Å². The van der Waals surface area contributed by atoms with Crippen LogP contribution in [0.2, 0.25) is 5.02 Å². The van der Waals surface area contributed by atoms with E-state index in [0.29, 0.717) is 13.1 Å². The topological polar surface area (TPSA) is 57.7 Å². The Labute approximate surface area is 162 Å². The summed E-state index contributed by atoms with van der Waals surface area (Å²) in [6.45, 7) is 4.35. The van der Waals surface area contributed by atoms with Gasteiger partial charge >= 0.3 is 0 Å². The first-order chi connectivity index (χ1) is 12.3. The standard InChI is InChI=1S/C19H29ClN2O3S/c1-4-22(5-2)26(24,25)16-12-13-18(20)17(14-16)19(23)21(3)15-10-8-6-7-9-11-15/h12-15H,4-11H2,1-3H3. The quantitative estimate of drug-likeness (QED) is 0.673. The van der Waals surface area contributed by atoms with Gasteiger partial charge < -0.3 is 4.90 Å². The molecule has 5 nitrogen and oxygen atoms in total. The number of halogens is 1. The minimum atomic E-state index is -3.63. The van der Waals surface area contributed by atoms with Gasteiger partial charge in [-0.2, -0.15) is 4.31 Å². The molecular weight excluding hydrogens is 372 g/mol. The summed E-state index contributed by atoms with van der Waals surface area (Å²) in [5, 5.41) is 0.286. The van der Waals surface area contributed by atoms with Crippen molar-refractivity contribution in [1.82, 2.24) is 9.21 Å². The van der Waals surface area contributed by atoms with E-state index in [2.05, 4.69) is 0 Å². The van der Waals surface area contributed by atoms with E-state index in [1.54, 1.807) is 25.8 Å². The maximum absolute atomic E-state index is 13.0. The number of rotatable bonds is 6. The van der Waals surface area contributed by atoms with E-state index in [1.165, 1.54) is 35.3 Å². The Kier molecular flexibility index (Phi) is 7.50. The zero-order valence-corrected chi connectivity index (χ0v) is 17.4. The summed E-state index contributed by atoms with van der Waals surface area (Å²) < 4.78 is 26.9. The van der Waals surface area contributed by atoms with Crippen LogP contribution in [0.5, 0.6) is 0 Å². The molecule has 1 aromatic carbocycles. The first kappa shape index (κ1) is 21.2. The lowest BCUT2D eigenvalue weighted by Crippen LogP contribution is -2.37. The van der Waals surface area contributed by atoms with Gasteiger partial charge in [0.1, 0.15) is 0 Å². The number of amides is 1. The molecular formula is C19H29ClN2O3S. The SMILES string of the molecule is CCN(CC)S(=O)(=O)c1ccc(Cl)c(C(=O)N(C)C2CCCCCC2)c1. The monoisotopic (exact) mass is 400 g/mol. The molecule has 2 rings (SSSR count). The Morgan fingerprint density at radius 2 is 1.69 bits per heavy atom. The van der Waals surface area contributed by atoms with E-state index in [-0.39, 0.29) is 27.4 Å². The third-order valence-corrected chi connectivity index (χ3v) is 7.58. The Morgan fingerprint density at radius 1 is 1.12 bits per heavy atom. The average Bonchev–Trinajstić information content (AvgIpc) is 2.91. The normalized spacial score (nSPS) is 16.5. The molecule has 26 heavy (non-hydrogen) atoms. The van der Waals surface area contributed by atoms with Gasteiger partial charge in [-0.25, -0.2) is 8.42 Å². The first-order valence-corrected chi connectivity index (χ1v) is 11.2. The zero-order chi connectivity index (χ0) is 19.3. The van der Waals surface area contributed by atoms with Crippen LogP contribution in [0.15, 0.2) is 23.1 Å². The van der Waals surface area contributed by atoms with Gasteiger partial charge in [0.2, 0.25) is 10.0 Å². The molecule has 1 aromatic rings. The molecule has 1 saturated carbocycles. The van der Waals surface area contributed by atoms with Crippen molar-refractivity contribution >= 4 is 27.5 Å². The van der Waals surface area contributed by atoms with Gasteiger partial charge in [0.05, 0.1) is 15.5 Å². The summed E-state index contributed by atoms with van der Waals surface area (Å²) in [6, 6.07) is 4.58. The fraction of sp³-hybridized carbons (Fsp3) is 0.632. The molecule has 0 N–H and O–H groups in total. The van der Waals surface area contributed by atoms with Crippen molar-refractivity contribution in [2.45, 2.75) is 63.3 Å². The fourth-order valence-corrected chi connectivity index (χ4v) is 5.23. The van der Waals surface area contributed by atoms with Gasteiger partial charge in [-0.15, -0.1) is 0 Å². The van der Waals surface area contributed by atoms with Crippen molar-refractivity contribution in [3.05, 3.63) is 28.8 Å². The van der Waals surface area contributed by atoms with Crippen molar-refractivity contribution in [2.24, 2.45) is 0 Å². The molecule has 1 fully saturated rings. The first-order valence-electron chi connectivity index (χ1n) is 9.39. The molecule has 0 saturated heterocycles. The molecule has 146 valence electrons. The van der Waals surface area contributed by atoms with Crippen LogP contribution < -0.4 is 0 Å². The minimum Gasteiger partial charge on any atom is -0.339 e. The van der Waals surface area contributed by atoms with Crippen LogP contribution in [0, 0.1) is 0 Å². The van der Waals surface area contributed by atoms with Crippen LogP contribution in [0.25, 0.3) is 0 Å². The van der Waals surface area contributed by atoms with Gasteiger partial charge in [-0.1, -0.05) is 51.1 Å². The number of carbonyl (C=O) groups excluding carboxylic acids is 1. The van der Waals surface area contributed by atoms with Crippen molar-refractivity contribution in [2.75, 3.05) is 20.1 Å². The number of nitrogens with zero attached hydrogens (tertiary/aromatic N) is 2. The highest BCUT2D eigenvalue weighted by molar-refractivity contribution is 7.89. The zero-order valence-electron chi connectivity index (χ0n) is 15.9. The van der Waals surface area contributed by atoms with Crippen molar-refractivity contribution in [3.8, 4) is 0 Å². The van der Waals surface area contributed by atoms with Crippen LogP contribution in [-0.2, 0) is 10.0 Å². The van der Waals surface area contributed by atoms with Crippen LogP contribution in [0.4, 0.5) is 0 Å². The predicted molar refractivity (Wildman–Crippen MR) is 105 cm³/mol. The van der Waals surface area contributed by atoms with E-state index >= 15 is 0 Å². The summed E-state index contributed by atoms with van der Waals surface area (Å²) in [6.07, 6.45) is 6.61. The van der Waals surface area contributed by atoms with E-state index in [0.717, 1.165) is 25.7 Å². The lowest BCUT2D eigenvalue weighted by molar-refractivity contribution is 0.0717. The van der Waals surface area contributed by atoms with Gasteiger partial charge in [-0.05, 0) is 31.0 Å². The Morgan fingerprint density at radius 3 is 2.23 bits per heavy atom. The molecule has 0 atom stereocenters. The van der Waals surface area contributed by atoms with E-state index in [4.69, 9.17) is 11.6 Å².